The molecule has 0 saturated carbocycles. The molecule has 0 aliphatic rings. The smallest absolute Gasteiger partial charge is 0.347 e. The van der Waals surface area contributed by atoms with Crippen LogP contribution in [0.25, 0.3) is 0 Å². The molecule has 0 saturated heterocycles. The third-order valence-corrected chi connectivity index (χ3v) is 2.36. The number of esters is 2. The highest BCUT2D eigenvalue weighted by atomic mass is 16.6. The van der Waals surface area contributed by atoms with Gasteiger partial charge in [0, 0.05) is 11.8 Å². The maximum atomic E-state index is 11.5. The minimum absolute atomic E-state index is 0.0402. The number of nitrogens with two attached hydrogens (primary N) is 1. The van der Waals surface area contributed by atoms with Crippen LogP contribution < -0.4 is 10.5 Å². The molecule has 6 nitrogen and oxygen atoms in total. The molecule has 0 bridgehead atoms. The van der Waals surface area contributed by atoms with E-state index in [9.17, 15) is 9.59 Å². The molecule has 110 valence electrons. The number of carbonyl (C=O) groups excluding carboxylic acids is 2. The van der Waals surface area contributed by atoms with Crippen LogP contribution in [0.4, 0.5) is 5.69 Å². The van der Waals surface area contributed by atoms with Gasteiger partial charge in [0.05, 0.1) is 19.6 Å². The summed E-state index contributed by atoms with van der Waals surface area (Å²) in [5, 5.41) is 0. The zero-order chi connectivity index (χ0) is 15.0. The van der Waals surface area contributed by atoms with Crippen molar-refractivity contribution in [3.8, 4) is 5.75 Å². The van der Waals surface area contributed by atoms with E-state index in [1.807, 2.05) is 0 Å². The lowest BCUT2D eigenvalue weighted by atomic mass is 10.3. The second kappa shape index (κ2) is 8.04. The molecular formula is C14H19NO5. The Morgan fingerprint density at radius 2 is 2.10 bits per heavy atom. The first kappa shape index (κ1) is 15.8. The van der Waals surface area contributed by atoms with E-state index in [-0.39, 0.29) is 19.6 Å². The topological polar surface area (TPSA) is 87.8 Å². The minimum Gasteiger partial charge on any atom is -0.493 e. The lowest BCUT2D eigenvalue weighted by molar-refractivity contribution is -0.166. The molecule has 20 heavy (non-hydrogen) atoms. The molecule has 1 rings (SSSR count). The summed E-state index contributed by atoms with van der Waals surface area (Å²) in [6.07, 6.45) is -0.867. The maximum Gasteiger partial charge on any atom is 0.347 e. The molecule has 1 unspecified atom stereocenters. The summed E-state index contributed by atoms with van der Waals surface area (Å²) >= 11 is 0. The third-order valence-electron chi connectivity index (χ3n) is 2.36. The van der Waals surface area contributed by atoms with Crippen LogP contribution in [-0.2, 0) is 19.1 Å². The van der Waals surface area contributed by atoms with Crippen LogP contribution in [0.1, 0.15) is 20.3 Å². The fourth-order valence-corrected chi connectivity index (χ4v) is 1.42. The molecule has 0 heterocycles. The number of ether oxygens (including phenoxy) is 3. The molecule has 1 aromatic rings. The highest BCUT2D eigenvalue weighted by Gasteiger charge is 2.18. The van der Waals surface area contributed by atoms with E-state index < -0.39 is 18.0 Å². The predicted octanol–water partition coefficient (Wildman–Crippen LogP) is 1.53. The Balaban J connectivity index is 2.28. The molecule has 0 aliphatic carbocycles. The van der Waals surface area contributed by atoms with Gasteiger partial charge in [-0.2, -0.15) is 0 Å². The molecule has 0 fully saturated rings. The number of carbonyl (C=O) groups is 2. The van der Waals surface area contributed by atoms with E-state index in [4.69, 9.17) is 19.9 Å². The van der Waals surface area contributed by atoms with Crippen molar-refractivity contribution >= 4 is 17.6 Å². The number of rotatable bonds is 7. The van der Waals surface area contributed by atoms with E-state index in [1.54, 1.807) is 31.2 Å². The molecule has 0 aromatic heterocycles. The van der Waals surface area contributed by atoms with Gasteiger partial charge in [0.15, 0.2) is 6.10 Å². The number of hydrogen-bond acceptors (Lipinski definition) is 6. The summed E-state index contributed by atoms with van der Waals surface area (Å²) in [5.41, 5.74) is 6.18. The van der Waals surface area contributed by atoms with Gasteiger partial charge in [-0.1, -0.05) is 6.07 Å². The lowest BCUT2D eigenvalue weighted by Crippen LogP contribution is -2.26. The van der Waals surface area contributed by atoms with Gasteiger partial charge in [0.1, 0.15) is 5.75 Å². The molecule has 2 N–H and O–H groups in total. The van der Waals surface area contributed by atoms with Crippen LogP contribution in [-0.4, -0.2) is 31.3 Å². The van der Waals surface area contributed by atoms with Crippen molar-refractivity contribution in [2.45, 2.75) is 26.4 Å². The number of hydrogen-bond donors (Lipinski definition) is 1. The normalized spacial score (nSPS) is 11.5. The fraction of sp³-hybridized carbons (Fsp3) is 0.429. The second-order valence-corrected chi connectivity index (χ2v) is 4.06. The zero-order valence-electron chi connectivity index (χ0n) is 11.6. The van der Waals surface area contributed by atoms with Gasteiger partial charge >= 0.3 is 11.9 Å². The van der Waals surface area contributed by atoms with Crippen LogP contribution in [0, 0.1) is 0 Å². The van der Waals surface area contributed by atoms with E-state index in [0.29, 0.717) is 11.4 Å². The Labute approximate surface area is 117 Å². The number of anilines is 1. The van der Waals surface area contributed by atoms with Crippen molar-refractivity contribution in [3.63, 3.8) is 0 Å². The van der Waals surface area contributed by atoms with E-state index in [1.165, 1.54) is 6.92 Å². The standard InChI is InChI=1S/C14H19NO5/c1-3-18-14(17)10(2)20-13(16)7-8-19-12-6-4-5-11(15)9-12/h4-6,9-10H,3,7-8,15H2,1-2H3. The van der Waals surface area contributed by atoms with Gasteiger partial charge in [-0.15, -0.1) is 0 Å². The first-order valence-electron chi connectivity index (χ1n) is 6.37. The zero-order valence-corrected chi connectivity index (χ0v) is 11.6. The molecule has 0 spiro atoms. The summed E-state index contributed by atoms with van der Waals surface area (Å²) in [6, 6.07) is 6.89. The van der Waals surface area contributed by atoms with Crippen LogP contribution in [0.2, 0.25) is 0 Å². The first-order chi connectivity index (χ1) is 9.52. The van der Waals surface area contributed by atoms with Crippen molar-refractivity contribution < 1.29 is 23.8 Å². The minimum atomic E-state index is -0.908. The Bertz CT molecular complexity index is 461. The fourth-order valence-electron chi connectivity index (χ4n) is 1.42. The largest absolute Gasteiger partial charge is 0.493 e. The van der Waals surface area contributed by atoms with Gasteiger partial charge in [-0.05, 0) is 26.0 Å². The Morgan fingerprint density at radius 1 is 1.35 bits per heavy atom. The molecule has 0 radical (unpaired) electrons. The van der Waals surface area contributed by atoms with Gasteiger partial charge < -0.3 is 19.9 Å². The highest BCUT2D eigenvalue weighted by molar-refractivity contribution is 5.79. The van der Waals surface area contributed by atoms with Gasteiger partial charge in [-0.25, -0.2) is 4.79 Å². The van der Waals surface area contributed by atoms with Crippen LogP contribution in [0.5, 0.6) is 5.75 Å². The molecule has 1 aromatic carbocycles. The highest BCUT2D eigenvalue weighted by Crippen LogP contribution is 2.14. The average Bonchev–Trinajstić information content (AvgIpc) is 2.39. The molecule has 6 heteroatoms. The number of nitrogen functional groups attached to an aromatic ring is 1. The Kier molecular flexibility index (Phi) is 6.36. The van der Waals surface area contributed by atoms with Crippen LogP contribution >= 0.6 is 0 Å². The van der Waals surface area contributed by atoms with E-state index in [0.717, 1.165) is 0 Å². The Morgan fingerprint density at radius 3 is 2.75 bits per heavy atom. The van der Waals surface area contributed by atoms with E-state index >= 15 is 0 Å². The lowest BCUT2D eigenvalue weighted by Gasteiger charge is -2.12. The summed E-state index contributed by atoms with van der Waals surface area (Å²) in [6.45, 7) is 3.55. The SMILES string of the molecule is CCOC(=O)C(C)OC(=O)CCOc1cccc(N)c1. The Hall–Kier alpha value is -2.24. The van der Waals surface area contributed by atoms with Crippen molar-refractivity contribution in [1.29, 1.82) is 0 Å². The van der Waals surface area contributed by atoms with Gasteiger partial charge in [0.25, 0.3) is 0 Å². The summed E-state index contributed by atoms with van der Waals surface area (Å²) in [5.74, 6) is -0.497. The number of benzene rings is 1. The van der Waals surface area contributed by atoms with Crippen molar-refractivity contribution in [2.24, 2.45) is 0 Å². The monoisotopic (exact) mass is 281 g/mol. The second-order valence-electron chi connectivity index (χ2n) is 4.06. The molecule has 0 amide bonds. The summed E-state index contributed by atoms with van der Waals surface area (Å²) in [4.78, 5) is 22.8. The maximum absolute atomic E-state index is 11.5. The summed E-state index contributed by atoms with van der Waals surface area (Å²) < 4.78 is 15.0. The van der Waals surface area contributed by atoms with Crippen LogP contribution in [0.3, 0.4) is 0 Å². The molecular weight excluding hydrogens is 262 g/mol. The third kappa shape index (κ3) is 5.60. The molecule has 1 atom stereocenters. The van der Waals surface area contributed by atoms with Gasteiger partial charge in [-0.3, -0.25) is 4.79 Å². The van der Waals surface area contributed by atoms with E-state index in [2.05, 4.69) is 0 Å². The van der Waals surface area contributed by atoms with Gasteiger partial charge in [0.2, 0.25) is 0 Å². The quantitative estimate of drug-likeness (QED) is 0.602. The first-order valence-corrected chi connectivity index (χ1v) is 6.37. The van der Waals surface area contributed by atoms with Crippen molar-refractivity contribution in [2.75, 3.05) is 18.9 Å². The van der Waals surface area contributed by atoms with Crippen molar-refractivity contribution in [3.05, 3.63) is 24.3 Å². The van der Waals surface area contributed by atoms with Crippen molar-refractivity contribution in [1.82, 2.24) is 0 Å². The average molecular weight is 281 g/mol. The summed E-state index contributed by atoms with van der Waals surface area (Å²) in [7, 11) is 0. The van der Waals surface area contributed by atoms with Crippen LogP contribution in [0.15, 0.2) is 24.3 Å². The predicted molar refractivity (Wildman–Crippen MR) is 73.2 cm³/mol. The molecule has 0 aliphatic heterocycles.